The zero-order chi connectivity index (χ0) is 21.0. The number of fused-ring (bicyclic) bond motifs is 3. The van der Waals surface area contributed by atoms with Crippen LogP contribution in [0.5, 0.6) is 0 Å². The number of carbonyl (C=O) groups is 5. The fourth-order valence-corrected chi connectivity index (χ4v) is 4.80. The van der Waals surface area contributed by atoms with Gasteiger partial charge in [0, 0.05) is 37.3 Å². The smallest absolute Gasteiger partial charge is 0.264 e. The van der Waals surface area contributed by atoms with E-state index in [4.69, 9.17) is 0 Å². The molecule has 4 heterocycles. The number of imide groups is 2. The first-order valence-corrected chi connectivity index (χ1v) is 10.1. The van der Waals surface area contributed by atoms with Gasteiger partial charge in [0.05, 0.1) is 17.7 Å². The number of nitrogens with zero attached hydrogens (tertiary/aromatic N) is 2. The number of carbonyl (C=O) groups excluding carboxylic acids is 5. The van der Waals surface area contributed by atoms with E-state index in [1.54, 1.807) is 12.1 Å². The second-order valence-electron chi connectivity index (χ2n) is 8.07. The summed E-state index contributed by atoms with van der Waals surface area (Å²) in [4.78, 5) is 64.9. The van der Waals surface area contributed by atoms with Crippen molar-refractivity contribution in [3.8, 4) is 0 Å². The lowest BCUT2D eigenvalue weighted by atomic mass is 10.0. The van der Waals surface area contributed by atoms with Crippen LogP contribution in [0, 0.1) is 0 Å². The van der Waals surface area contributed by atoms with Gasteiger partial charge < -0.3 is 15.5 Å². The molecule has 1 unspecified atom stereocenters. The summed E-state index contributed by atoms with van der Waals surface area (Å²) in [6.07, 6.45) is 1.12. The second kappa shape index (κ2) is 6.91. The Morgan fingerprint density at radius 2 is 2.00 bits per heavy atom. The number of amides is 5. The maximum Gasteiger partial charge on any atom is 0.264 e. The summed E-state index contributed by atoms with van der Waals surface area (Å²) in [6.45, 7) is 1.49. The average Bonchev–Trinajstić information content (AvgIpc) is 3.42. The molecule has 4 aliphatic rings. The van der Waals surface area contributed by atoms with E-state index in [0.717, 1.165) is 17.9 Å². The molecule has 0 aromatic heterocycles. The Hall–Kier alpha value is -3.27. The van der Waals surface area contributed by atoms with Gasteiger partial charge in [-0.2, -0.15) is 0 Å². The molecule has 30 heavy (non-hydrogen) atoms. The number of anilines is 1. The highest BCUT2D eigenvalue weighted by molar-refractivity contribution is 6.25. The highest BCUT2D eigenvalue weighted by atomic mass is 16.2. The third kappa shape index (κ3) is 2.86. The number of hydrogen-bond donors (Lipinski definition) is 3. The minimum Gasteiger partial charge on any atom is -0.375 e. The van der Waals surface area contributed by atoms with E-state index in [0.29, 0.717) is 18.3 Å². The van der Waals surface area contributed by atoms with Crippen LogP contribution < -0.4 is 16.0 Å². The molecule has 2 bridgehead atoms. The van der Waals surface area contributed by atoms with Gasteiger partial charge in [0.15, 0.2) is 0 Å². The van der Waals surface area contributed by atoms with Crippen molar-refractivity contribution in [3.05, 3.63) is 29.3 Å². The average molecular weight is 411 g/mol. The molecule has 3 atom stereocenters. The predicted molar refractivity (Wildman–Crippen MR) is 104 cm³/mol. The predicted octanol–water partition coefficient (Wildman–Crippen LogP) is -0.928. The summed E-state index contributed by atoms with van der Waals surface area (Å²) in [7, 11) is 0. The molecular weight excluding hydrogens is 390 g/mol. The van der Waals surface area contributed by atoms with E-state index in [9.17, 15) is 24.0 Å². The SMILES string of the molecule is O=C1CCC(N2C(=O)c3cccc(NCC(=O)N4C[C@@H]5C[C@H]4CN5)c3C2=O)C(=O)N1. The molecule has 0 radical (unpaired) electrons. The fraction of sp³-hybridized carbons (Fsp3) is 0.450. The van der Waals surface area contributed by atoms with E-state index < -0.39 is 29.7 Å². The first-order valence-electron chi connectivity index (χ1n) is 10.1. The highest BCUT2D eigenvalue weighted by Gasteiger charge is 2.46. The molecule has 3 N–H and O–H groups in total. The van der Waals surface area contributed by atoms with Crippen LogP contribution in [-0.4, -0.2) is 77.1 Å². The van der Waals surface area contributed by atoms with E-state index in [1.165, 1.54) is 6.07 Å². The largest absolute Gasteiger partial charge is 0.375 e. The number of hydrogen-bond acceptors (Lipinski definition) is 7. The van der Waals surface area contributed by atoms with Gasteiger partial charge in [0.25, 0.3) is 11.8 Å². The molecule has 3 fully saturated rings. The van der Waals surface area contributed by atoms with Crippen molar-refractivity contribution < 1.29 is 24.0 Å². The van der Waals surface area contributed by atoms with Gasteiger partial charge in [-0.05, 0) is 25.0 Å². The molecule has 10 heteroatoms. The molecule has 4 aliphatic heterocycles. The number of piperidine rings is 1. The summed E-state index contributed by atoms with van der Waals surface area (Å²) in [5, 5.41) is 8.53. The Morgan fingerprint density at radius 3 is 2.70 bits per heavy atom. The topological polar surface area (TPSA) is 128 Å². The third-order valence-electron chi connectivity index (χ3n) is 6.28. The van der Waals surface area contributed by atoms with Gasteiger partial charge in [0.2, 0.25) is 17.7 Å². The minimum atomic E-state index is -1.02. The van der Waals surface area contributed by atoms with Gasteiger partial charge in [-0.15, -0.1) is 0 Å². The van der Waals surface area contributed by atoms with Gasteiger partial charge in [-0.1, -0.05) is 6.07 Å². The Kier molecular flexibility index (Phi) is 4.31. The molecule has 3 saturated heterocycles. The van der Waals surface area contributed by atoms with E-state index in [2.05, 4.69) is 16.0 Å². The van der Waals surface area contributed by atoms with Crippen molar-refractivity contribution >= 4 is 35.2 Å². The molecule has 5 rings (SSSR count). The Morgan fingerprint density at radius 1 is 1.17 bits per heavy atom. The molecule has 156 valence electrons. The van der Waals surface area contributed by atoms with Gasteiger partial charge >= 0.3 is 0 Å². The molecular formula is C20H21N5O5. The molecule has 0 aliphatic carbocycles. The highest BCUT2D eigenvalue weighted by Crippen LogP contribution is 2.32. The maximum absolute atomic E-state index is 13.1. The van der Waals surface area contributed by atoms with E-state index >= 15 is 0 Å². The van der Waals surface area contributed by atoms with Gasteiger partial charge in [-0.3, -0.25) is 34.2 Å². The van der Waals surface area contributed by atoms with Crippen LogP contribution in [0.15, 0.2) is 18.2 Å². The fourth-order valence-electron chi connectivity index (χ4n) is 4.80. The van der Waals surface area contributed by atoms with Crippen LogP contribution in [0.1, 0.15) is 40.0 Å². The lowest BCUT2D eigenvalue weighted by Gasteiger charge is -2.28. The van der Waals surface area contributed by atoms with Crippen molar-refractivity contribution in [1.29, 1.82) is 0 Å². The normalized spacial score (nSPS) is 27.5. The Labute approximate surface area is 171 Å². The quantitative estimate of drug-likeness (QED) is 0.546. The van der Waals surface area contributed by atoms with Crippen LogP contribution in [-0.2, 0) is 14.4 Å². The summed E-state index contributed by atoms with van der Waals surface area (Å²) in [5.74, 6) is -2.28. The summed E-state index contributed by atoms with van der Waals surface area (Å²) in [5.41, 5.74) is 0.729. The standard InChI is InChI=1S/C20H21N5O5/c26-15-5-4-14(18(28)23-15)25-19(29)12-2-1-3-13(17(12)20(25)30)22-8-16(27)24-9-10-6-11(24)7-21-10/h1-3,10-11,14,21-22H,4-9H2,(H,23,26,28)/t10-,11-,14?/m0/s1. The van der Waals surface area contributed by atoms with Crippen molar-refractivity contribution in [3.63, 3.8) is 0 Å². The number of rotatable bonds is 4. The summed E-state index contributed by atoms with van der Waals surface area (Å²) >= 11 is 0. The zero-order valence-electron chi connectivity index (χ0n) is 16.1. The monoisotopic (exact) mass is 411 g/mol. The van der Waals surface area contributed by atoms with Gasteiger partial charge in [0.1, 0.15) is 6.04 Å². The molecule has 5 amide bonds. The third-order valence-corrected chi connectivity index (χ3v) is 6.28. The lowest BCUT2D eigenvalue weighted by molar-refractivity contribution is -0.136. The van der Waals surface area contributed by atoms with Crippen LogP contribution in [0.25, 0.3) is 0 Å². The van der Waals surface area contributed by atoms with Crippen molar-refractivity contribution in [2.24, 2.45) is 0 Å². The van der Waals surface area contributed by atoms with Crippen LogP contribution >= 0.6 is 0 Å². The van der Waals surface area contributed by atoms with Crippen molar-refractivity contribution in [2.45, 2.75) is 37.4 Å². The summed E-state index contributed by atoms with van der Waals surface area (Å²) in [6, 6.07) is 4.34. The minimum absolute atomic E-state index is 0.0135. The molecule has 1 aromatic rings. The van der Waals surface area contributed by atoms with Crippen molar-refractivity contribution in [1.82, 2.24) is 20.4 Å². The first kappa shape index (κ1) is 18.7. The van der Waals surface area contributed by atoms with E-state index in [-0.39, 0.29) is 42.5 Å². The number of likely N-dealkylation sites (tertiary alicyclic amines) is 1. The number of nitrogens with one attached hydrogen (secondary N) is 3. The number of piperazine rings is 1. The molecule has 0 spiro atoms. The second-order valence-corrected chi connectivity index (χ2v) is 8.07. The van der Waals surface area contributed by atoms with E-state index in [1.807, 2.05) is 4.90 Å². The lowest BCUT2D eigenvalue weighted by Crippen LogP contribution is -2.54. The zero-order valence-corrected chi connectivity index (χ0v) is 16.1. The number of benzene rings is 1. The molecule has 1 aromatic carbocycles. The van der Waals surface area contributed by atoms with Crippen molar-refractivity contribution in [2.75, 3.05) is 25.0 Å². The van der Waals surface area contributed by atoms with Crippen LogP contribution in [0.3, 0.4) is 0 Å². The maximum atomic E-state index is 13.1. The molecule has 0 saturated carbocycles. The first-order chi connectivity index (χ1) is 14.4. The van der Waals surface area contributed by atoms with Gasteiger partial charge in [-0.25, -0.2) is 0 Å². The molecule has 10 nitrogen and oxygen atoms in total. The van der Waals surface area contributed by atoms with Crippen LogP contribution in [0.2, 0.25) is 0 Å². The summed E-state index contributed by atoms with van der Waals surface area (Å²) < 4.78 is 0. The Bertz CT molecular complexity index is 992. The van der Waals surface area contributed by atoms with Crippen LogP contribution in [0.4, 0.5) is 5.69 Å². The Balaban J connectivity index is 1.34.